The number of rotatable bonds is 2. The van der Waals surface area contributed by atoms with Gasteiger partial charge in [0.1, 0.15) is 6.10 Å². The number of pyridine rings is 1. The van der Waals surface area contributed by atoms with Gasteiger partial charge in [-0.15, -0.1) is 0 Å². The highest BCUT2D eigenvalue weighted by molar-refractivity contribution is 6.02. The topological polar surface area (TPSA) is 62.2 Å². The number of carbonyl (C=O) groups is 1. The maximum Gasteiger partial charge on any atom is 0.252 e. The highest BCUT2D eigenvalue weighted by Crippen LogP contribution is 2.21. The Hall–Kier alpha value is -1.94. The predicted molar refractivity (Wildman–Crippen MR) is 62.1 cm³/mol. The maximum absolute atomic E-state index is 11.4. The number of aromatic nitrogens is 1. The van der Waals surface area contributed by atoms with Crippen LogP contribution in [0.4, 0.5) is 5.69 Å². The number of carbonyl (C=O) groups excluding carboxylic acids is 1. The molecule has 0 saturated carbocycles. The van der Waals surface area contributed by atoms with Crippen molar-refractivity contribution in [2.24, 2.45) is 0 Å². The van der Waals surface area contributed by atoms with Crippen molar-refractivity contribution >= 4 is 22.5 Å². The second-order valence-corrected chi connectivity index (χ2v) is 3.54. The van der Waals surface area contributed by atoms with E-state index in [2.05, 4.69) is 10.3 Å². The Balaban J connectivity index is 2.41. The number of fused-ring (bicyclic) bond motifs is 1. The number of anilines is 1. The first-order valence-electron chi connectivity index (χ1n) is 5.01. The SMILES string of the molecule is CC(O)C(=O)Nc1cccc2ncccc12. The minimum atomic E-state index is -1.02. The first-order valence-corrected chi connectivity index (χ1v) is 5.01. The molecular weight excluding hydrogens is 204 g/mol. The van der Waals surface area contributed by atoms with Crippen LogP contribution in [-0.2, 0) is 4.79 Å². The molecule has 0 radical (unpaired) electrons. The smallest absolute Gasteiger partial charge is 0.252 e. The third-order valence-electron chi connectivity index (χ3n) is 2.28. The quantitative estimate of drug-likeness (QED) is 0.800. The number of amides is 1. The van der Waals surface area contributed by atoms with Crippen LogP contribution in [0.2, 0.25) is 0 Å². The van der Waals surface area contributed by atoms with E-state index in [1.165, 1.54) is 6.92 Å². The van der Waals surface area contributed by atoms with Crippen LogP contribution in [0, 0.1) is 0 Å². The molecule has 1 amide bonds. The average Bonchev–Trinajstić information content (AvgIpc) is 2.29. The number of aliphatic hydroxyl groups is 1. The zero-order chi connectivity index (χ0) is 11.5. The lowest BCUT2D eigenvalue weighted by Crippen LogP contribution is -2.24. The van der Waals surface area contributed by atoms with E-state index in [9.17, 15) is 4.79 Å². The summed E-state index contributed by atoms with van der Waals surface area (Å²) in [5.41, 5.74) is 1.47. The van der Waals surface area contributed by atoms with Crippen LogP contribution in [-0.4, -0.2) is 22.1 Å². The summed E-state index contributed by atoms with van der Waals surface area (Å²) >= 11 is 0. The van der Waals surface area contributed by atoms with Gasteiger partial charge in [-0.3, -0.25) is 9.78 Å². The lowest BCUT2D eigenvalue weighted by atomic mass is 10.2. The van der Waals surface area contributed by atoms with Crippen LogP contribution < -0.4 is 5.32 Å². The summed E-state index contributed by atoms with van der Waals surface area (Å²) in [6.45, 7) is 1.43. The number of nitrogens with one attached hydrogen (secondary N) is 1. The largest absolute Gasteiger partial charge is 0.384 e. The fourth-order valence-electron chi connectivity index (χ4n) is 1.45. The summed E-state index contributed by atoms with van der Waals surface area (Å²) in [4.78, 5) is 15.6. The van der Waals surface area contributed by atoms with Gasteiger partial charge in [0.05, 0.1) is 11.2 Å². The molecule has 1 heterocycles. The molecule has 0 aliphatic carbocycles. The summed E-state index contributed by atoms with van der Waals surface area (Å²) in [7, 11) is 0. The molecule has 2 rings (SSSR count). The lowest BCUT2D eigenvalue weighted by Gasteiger charge is -2.09. The molecule has 4 heteroatoms. The second kappa shape index (κ2) is 4.28. The Morgan fingerprint density at radius 2 is 2.19 bits per heavy atom. The molecule has 0 saturated heterocycles. The lowest BCUT2D eigenvalue weighted by molar-refractivity contribution is -0.123. The first-order chi connectivity index (χ1) is 7.68. The van der Waals surface area contributed by atoms with E-state index in [0.717, 1.165) is 10.9 Å². The second-order valence-electron chi connectivity index (χ2n) is 3.54. The van der Waals surface area contributed by atoms with Crippen LogP contribution in [0.3, 0.4) is 0 Å². The van der Waals surface area contributed by atoms with Crippen molar-refractivity contribution in [2.75, 3.05) is 5.32 Å². The Morgan fingerprint density at radius 3 is 2.94 bits per heavy atom. The normalized spacial score (nSPS) is 12.4. The van der Waals surface area contributed by atoms with Crippen LogP contribution in [0.5, 0.6) is 0 Å². The highest BCUT2D eigenvalue weighted by Gasteiger charge is 2.10. The number of benzene rings is 1. The molecular formula is C12H12N2O2. The van der Waals surface area contributed by atoms with Gasteiger partial charge < -0.3 is 10.4 Å². The fraction of sp³-hybridized carbons (Fsp3) is 0.167. The van der Waals surface area contributed by atoms with E-state index < -0.39 is 12.0 Å². The predicted octanol–water partition coefficient (Wildman–Crippen LogP) is 1.55. The van der Waals surface area contributed by atoms with E-state index in [4.69, 9.17) is 5.11 Å². The van der Waals surface area contributed by atoms with Gasteiger partial charge in [-0.25, -0.2) is 0 Å². The monoisotopic (exact) mass is 216 g/mol. The zero-order valence-electron chi connectivity index (χ0n) is 8.84. The molecule has 0 bridgehead atoms. The van der Waals surface area contributed by atoms with Gasteiger partial charge in [-0.2, -0.15) is 0 Å². The zero-order valence-corrected chi connectivity index (χ0v) is 8.84. The van der Waals surface area contributed by atoms with Crippen molar-refractivity contribution in [1.82, 2.24) is 4.98 Å². The Morgan fingerprint density at radius 1 is 1.38 bits per heavy atom. The standard InChI is InChI=1S/C12H12N2O2/c1-8(15)12(16)14-11-6-2-5-10-9(11)4-3-7-13-10/h2-8,15H,1H3,(H,14,16). The van der Waals surface area contributed by atoms with Crippen molar-refractivity contribution < 1.29 is 9.90 Å². The molecule has 2 N–H and O–H groups in total. The van der Waals surface area contributed by atoms with E-state index in [0.29, 0.717) is 5.69 Å². The van der Waals surface area contributed by atoms with E-state index in [1.54, 1.807) is 18.3 Å². The van der Waals surface area contributed by atoms with Gasteiger partial charge >= 0.3 is 0 Å². The van der Waals surface area contributed by atoms with Crippen molar-refractivity contribution in [3.05, 3.63) is 36.5 Å². The molecule has 1 atom stereocenters. The summed E-state index contributed by atoms with van der Waals surface area (Å²) in [5.74, 6) is -0.420. The van der Waals surface area contributed by atoms with Crippen LogP contribution in [0.15, 0.2) is 36.5 Å². The van der Waals surface area contributed by atoms with Crippen molar-refractivity contribution in [2.45, 2.75) is 13.0 Å². The number of nitrogens with zero attached hydrogens (tertiary/aromatic N) is 1. The van der Waals surface area contributed by atoms with Gasteiger partial charge in [-0.1, -0.05) is 6.07 Å². The van der Waals surface area contributed by atoms with Gasteiger partial charge in [-0.05, 0) is 31.2 Å². The summed E-state index contributed by atoms with van der Waals surface area (Å²) in [5, 5.41) is 12.6. The molecule has 0 spiro atoms. The summed E-state index contributed by atoms with van der Waals surface area (Å²) in [6.07, 6.45) is 0.676. The maximum atomic E-state index is 11.4. The Labute approximate surface area is 92.9 Å². The van der Waals surface area contributed by atoms with Gasteiger partial charge in [0, 0.05) is 11.6 Å². The summed E-state index contributed by atoms with van der Waals surface area (Å²) in [6, 6.07) is 9.14. The van der Waals surface area contributed by atoms with E-state index in [-0.39, 0.29) is 0 Å². The van der Waals surface area contributed by atoms with Crippen LogP contribution in [0.25, 0.3) is 10.9 Å². The number of hydrogen-bond donors (Lipinski definition) is 2. The first kappa shape index (κ1) is 10.6. The molecule has 82 valence electrons. The molecule has 16 heavy (non-hydrogen) atoms. The molecule has 2 aromatic rings. The molecule has 0 fully saturated rings. The Bertz CT molecular complexity index is 518. The van der Waals surface area contributed by atoms with E-state index >= 15 is 0 Å². The summed E-state index contributed by atoms with van der Waals surface area (Å²) < 4.78 is 0. The third kappa shape index (κ3) is 2.01. The molecule has 1 aromatic carbocycles. The average molecular weight is 216 g/mol. The molecule has 1 unspecified atom stereocenters. The third-order valence-corrected chi connectivity index (χ3v) is 2.28. The van der Waals surface area contributed by atoms with Crippen LogP contribution >= 0.6 is 0 Å². The van der Waals surface area contributed by atoms with Crippen molar-refractivity contribution in [1.29, 1.82) is 0 Å². The number of hydrogen-bond acceptors (Lipinski definition) is 3. The fourth-order valence-corrected chi connectivity index (χ4v) is 1.45. The highest BCUT2D eigenvalue weighted by atomic mass is 16.3. The van der Waals surface area contributed by atoms with Gasteiger partial charge in [0.25, 0.3) is 5.91 Å². The Kier molecular flexibility index (Phi) is 2.83. The van der Waals surface area contributed by atoms with E-state index in [1.807, 2.05) is 18.2 Å². The molecule has 4 nitrogen and oxygen atoms in total. The molecule has 0 aliphatic heterocycles. The minimum Gasteiger partial charge on any atom is -0.384 e. The van der Waals surface area contributed by atoms with Gasteiger partial charge in [0.2, 0.25) is 0 Å². The minimum absolute atomic E-state index is 0.420. The van der Waals surface area contributed by atoms with Crippen LogP contribution in [0.1, 0.15) is 6.92 Å². The number of aliphatic hydroxyl groups excluding tert-OH is 1. The van der Waals surface area contributed by atoms with Crippen molar-refractivity contribution in [3.63, 3.8) is 0 Å². The van der Waals surface area contributed by atoms with Gasteiger partial charge in [0.15, 0.2) is 0 Å². The van der Waals surface area contributed by atoms with Crippen molar-refractivity contribution in [3.8, 4) is 0 Å². The molecule has 1 aromatic heterocycles. The molecule has 0 aliphatic rings.